The number of ether oxygens (including phenoxy) is 1. The van der Waals surface area contributed by atoms with E-state index < -0.39 is 0 Å². The zero-order chi connectivity index (χ0) is 12.1. The molecule has 0 fully saturated rings. The summed E-state index contributed by atoms with van der Waals surface area (Å²) in [6.07, 6.45) is 3.23. The maximum atomic E-state index is 11.4. The van der Waals surface area contributed by atoms with E-state index in [-0.39, 0.29) is 12.6 Å². The summed E-state index contributed by atoms with van der Waals surface area (Å²) < 4.78 is 6.60. The number of carbonyl (C=O) groups excluding carboxylic acids is 1. The number of esters is 1. The minimum Gasteiger partial charge on any atom is -0.456 e. The predicted octanol–water partition coefficient (Wildman–Crippen LogP) is 1.46. The zero-order valence-electron chi connectivity index (χ0n) is 10.1. The van der Waals surface area contributed by atoms with Crippen LogP contribution in [0.2, 0.25) is 0 Å². The van der Waals surface area contributed by atoms with Gasteiger partial charge in [0.15, 0.2) is 0 Å². The summed E-state index contributed by atoms with van der Waals surface area (Å²) in [5, 5.41) is 7.56. The Morgan fingerprint density at radius 1 is 1.62 bits per heavy atom. The molecule has 1 aromatic heterocycles. The molecule has 0 aliphatic rings. The van der Waals surface area contributed by atoms with Crippen molar-refractivity contribution in [3.05, 3.63) is 23.5 Å². The highest BCUT2D eigenvalue weighted by Gasteiger charge is 2.04. The highest BCUT2D eigenvalue weighted by atomic mass is 16.5. The Labute approximate surface area is 95.1 Å². The number of rotatable bonds is 4. The van der Waals surface area contributed by atoms with Gasteiger partial charge in [-0.1, -0.05) is 24.6 Å². The number of hydrogen-bond acceptors (Lipinski definition) is 4. The van der Waals surface area contributed by atoms with Gasteiger partial charge in [0.1, 0.15) is 12.3 Å². The lowest BCUT2D eigenvalue weighted by Gasteiger charge is -2.04. The van der Waals surface area contributed by atoms with Crippen molar-refractivity contribution < 1.29 is 9.53 Å². The summed E-state index contributed by atoms with van der Waals surface area (Å²) in [6.45, 7) is 6.13. The molecule has 0 aliphatic heterocycles. The van der Waals surface area contributed by atoms with Crippen LogP contribution in [0, 0.1) is 5.92 Å². The molecule has 0 spiro atoms. The zero-order valence-corrected chi connectivity index (χ0v) is 10.1. The molecule has 0 saturated heterocycles. The van der Waals surface area contributed by atoms with Gasteiger partial charge in [-0.3, -0.25) is 4.68 Å². The Morgan fingerprint density at radius 2 is 2.31 bits per heavy atom. The van der Waals surface area contributed by atoms with Gasteiger partial charge < -0.3 is 4.74 Å². The smallest absolute Gasteiger partial charge is 0.331 e. The van der Waals surface area contributed by atoms with Crippen LogP contribution < -0.4 is 0 Å². The van der Waals surface area contributed by atoms with Crippen LogP contribution >= 0.6 is 0 Å². The topological polar surface area (TPSA) is 57.0 Å². The fraction of sp³-hybridized carbons (Fsp3) is 0.545. The molecule has 0 atom stereocenters. The average Bonchev–Trinajstić information content (AvgIpc) is 2.61. The van der Waals surface area contributed by atoms with Crippen molar-refractivity contribution in [2.45, 2.75) is 27.4 Å². The van der Waals surface area contributed by atoms with Crippen LogP contribution in [-0.2, 0) is 23.2 Å². The molecular formula is C11H17N3O2. The first-order valence-corrected chi connectivity index (χ1v) is 5.19. The SMILES string of the molecule is C/C(=C\C(=O)OCc1cn(C)nn1)C(C)C. The van der Waals surface area contributed by atoms with Crippen LogP contribution in [0.5, 0.6) is 0 Å². The van der Waals surface area contributed by atoms with Crippen LogP contribution in [-0.4, -0.2) is 21.0 Å². The molecule has 0 saturated carbocycles. The Hall–Kier alpha value is -1.65. The van der Waals surface area contributed by atoms with E-state index in [1.807, 2.05) is 20.8 Å². The molecule has 0 bridgehead atoms. The fourth-order valence-electron chi connectivity index (χ4n) is 1.00. The first-order chi connectivity index (χ1) is 7.49. The molecule has 5 heteroatoms. The van der Waals surface area contributed by atoms with Gasteiger partial charge in [-0.25, -0.2) is 4.79 Å². The number of nitrogens with zero attached hydrogens (tertiary/aromatic N) is 3. The van der Waals surface area contributed by atoms with Crippen LogP contribution in [0.3, 0.4) is 0 Å². The van der Waals surface area contributed by atoms with Gasteiger partial charge in [-0.2, -0.15) is 0 Å². The number of allylic oxidation sites excluding steroid dienone is 1. The summed E-state index contributed by atoms with van der Waals surface area (Å²) in [4.78, 5) is 11.4. The quantitative estimate of drug-likeness (QED) is 0.572. The second-order valence-electron chi connectivity index (χ2n) is 4.03. The molecular weight excluding hydrogens is 206 g/mol. The van der Waals surface area contributed by atoms with E-state index in [4.69, 9.17) is 4.74 Å². The molecule has 0 aromatic carbocycles. The van der Waals surface area contributed by atoms with E-state index in [0.717, 1.165) is 5.57 Å². The van der Waals surface area contributed by atoms with E-state index in [0.29, 0.717) is 11.6 Å². The van der Waals surface area contributed by atoms with Gasteiger partial charge in [0, 0.05) is 13.1 Å². The summed E-state index contributed by atoms with van der Waals surface area (Å²) in [7, 11) is 1.77. The van der Waals surface area contributed by atoms with Gasteiger partial charge in [0.05, 0.1) is 6.20 Å². The van der Waals surface area contributed by atoms with E-state index in [2.05, 4.69) is 10.3 Å². The number of aromatic nitrogens is 3. The first kappa shape index (κ1) is 12.4. The lowest BCUT2D eigenvalue weighted by atomic mass is 10.1. The Bertz CT molecular complexity index is 394. The molecule has 1 rings (SSSR count). The van der Waals surface area contributed by atoms with Crippen molar-refractivity contribution in [3.63, 3.8) is 0 Å². The lowest BCUT2D eigenvalue weighted by Crippen LogP contribution is -2.03. The third kappa shape index (κ3) is 3.84. The van der Waals surface area contributed by atoms with Crippen molar-refractivity contribution in [1.29, 1.82) is 0 Å². The van der Waals surface area contributed by atoms with Crippen LogP contribution in [0.15, 0.2) is 17.8 Å². The lowest BCUT2D eigenvalue weighted by molar-refractivity contribution is -0.139. The van der Waals surface area contributed by atoms with E-state index in [1.54, 1.807) is 17.9 Å². The molecule has 1 heterocycles. The maximum Gasteiger partial charge on any atom is 0.331 e. The molecule has 1 aromatic rings. The molecule has 5 nitrogen and oxygen atoms in total. The molecule has 0 N–H and O–H groups in total. The first-order valence-electron chi connectivity index (χ1n) is 5.19. The van der Waals surface area contributed by atoms with E-state index in [9.17, 15) is 4.79 Å². The van der Waals surface area contributed by atoms with E-state index in [1.165, 1.54) is 6.08 Å². The highest BCUT2D eigenvalue weighted by Crippen LogP contribution is 2.08. The summed E-state index contributed by atoms with van der Waals surface area (Å²) in [5.74, 6) is 0.0147. The summed E-state index contributed by atoms with van der Waals surface area (Å²) in [6, 6.07) is 0. The molecule has 88 valence electrons. The van der Waals surface area contributed by atoms with Gasteiger partial charge >= 0.3 is 5.97 Å². The van der Waals surface area contributed by atoms with Crippen molar-refractivity contribution in [2.75, 3.05) is 0 Å². The van der Waals surface area contributed by atoms with Crippen molar-refractivity contribution in [3.8, 4) is 0 Å². The van der Waals surface area contributed by atoms with Crippen molar-refractivity contribution >= 4 is 5.97 Å². The Balaban J connectivity index is 2.44. The summed E-state index contributed by atoms with van der Waals surface area (Å²) >= 11 is 0. The highest BCUT2D eigenvalue weighted by molar-refractivity contribution is 5.82. The fourth-order valence-corrected chi connectivity index (χ4v) is 1.00. The van der Waals surface area contributed by atoms with Crippen LogP contribution in [0.4, 0.5) is 0 Å². The second-order valence-corrected chi connectivity index (χ2v) is 4.03. The molecule has 16 heavy (non-hydrogen) atoms. The monoisotopic (exact) mass is 223 g/mol. The number of aryl methyl sites for hydroxylation is 1. The maximum absolute atomic E-state index is 11.4. The van der Waals surface area contributed by atoms with Crippen molar-refractivity contribution in [2.24, 2.45) is 13.0 Å². The Kier molecular flexibility index (Phi) is 4.22. The molecule has 0 radical (unpaired) electrons. The number of carbonyl (C=O) groups is 1. The number of hydrogen-bond donors (Lipinski definition) is 0. The Morgan fingerprint density at radius 3 is 2.81 bits per heavy atom. The predicted molar refractivity (Wildman–Crippen MR) is 59.4 cm³/mol. The largest absolute Gasteiger partial charge is 0.456 e. The second kappa shape index (κ2) is 5.44. The average molecular weight is 223 g/mol. The van der Waals surface area contributed by atoms with Gasteiger partial charge in [-0.15, -0.1) is 5.10 Å². The van der Waals surface area contributed by atoms with Gasteiger partial charge in [0.25, 0.3) is 0 Å². The van der Waals surface area contributed by atoms with Crippen LogP contribution in [0.25, 0.3) is 0 Å². The van der Waals surface area contributed by atoms with Crippen LogP contribution in [0.1, 0.15) is 26.5 Å². The minimum absolute atomic E-state index is 0.161. The summed E-state index contributed by atoms with van der Waals surface area (Å²) in [5.41, 5.74) is 1.65. The normalized spacial score (nSPS) is 11.9. The molecule has 0 unspecified atom stereocenters. The molecule has 0 aliphatic carbocycles. The standard InChI is InChI=1S/C11H17N3O2/c1-8(2)9(3)5-11(15)16-7-10-6-14(4)13-12-10/h5-6,8H,7H2,1-4H3/b9-5+. The third-order valence-electron chi connectivity index (χ3n) is 2.27. The van der Waals surface area contributed by atoms with E-state index >= 15 is 0 Å². The van der Waals surface area contributed by atoms with Gasteiger partial charge in [-0.05, 0) is 12.8 Å². The van der Waals surface area contributed by atoms with Crippen molar-refractivity contribution in [1.82, 2.24) is 15.0 Å². The molecule has 0 amide bonds. The third-order valence-corrected chi connectivity index (χ3v) is 2.27. The van der Waals surface area contributed by atoms with Gasteiger partial charge in [0.2, 0.25) is 0 Å². The minimum atomic E-state index is -0.336.